The van der Waals surface area contributed by atoms with E-state index in [2.05, 4.69) is 25.7 Å². The lowest BCUT2D eigenvalue weighted by Gasteiger charge is -2.43. The molecule has 1 saturated heterocycles. The third-order valence-electron chi connectivity index (χ3n) is 5.45. The van der Waals surface area contributed by atoms with Gasteiger partial charge in [-0.1, -0.05) is 10.4 Å². The molecule has 1 fully saturated rings. The summed E-state index contributed by atoms with van der Waals surface area (Å²) in [6.45, 7) is 3.39. The molecule has 1 aliphatic heterocycles. The molecule has 0 saturated carbocycles. The zero-order valence-electron chi connectivity index (χ0n) is 18.5. The van der Waals surface area contributed by atoms with Crippen molar-refractivity contribution in [1.29, 1.82) is 0 Å². The molecule has 8 nitrogen and oxygen atoms in total. The van der Waals surface area contributed by atoms with Crippen LogP contribution in [0.15, 0.2) is 12.4 Å². The van der Waals surface area contributed by atoms with E-state index in [-0.39, 0.29) is 31.1 Å². The average Bonchev–Trinajstić information content (AvgIpc) is 3.21. The molecule has 164 valence electrons. The lowest BCUT2D eigenvalue weighted by atomic mass is 9.34. The van der Waals surface area contributed by atoms with Crippen molar-refractivity contribution in [3.05, 3.63) is 23.7 Å². The van der Waals surface area contributed by atoms with Crippen molar-refractivity contribution in [2.45, 2.75) is 42.3 Å². The van der Waals surface area contributed by atoms with Crippen LogP contribution in [-0.4, -0.2) is 96.0 Å². The molecule has 2 N–H and O–H groups in total. The Labute approximate surface area is 203 Å². The number of alkyl halides is 3. The second kappa shape index (κ2) is 8.64. The summed E-state index contributed by atoms with van der Waals surface area (Å²) in [4.78, 5) is 21.9. The van der Waals surface area contributed by atoms with Gasteiger partial charge in [0.15, 0.2) is 0 Å². The van der Waals surface area contributed by atoms with E-state index >= 15 is 0 Å². The van der Waals surface area contributed by atoms with E-state index in [1.807, 2.05) is 0 Å². The fraction of sp³-hybridized carbons (Fsp3) is 0.529. The number of nitrogens with zero attached hydrogens (tertiary/aromatic N) is 5. The molecule has 1 atom stereocenters. The molecular formula is C17H16B6F3N7O. The number of hydrogen-bond acceptors (Lipinski definition) is 6. The topological polar surface area (TPSA) is 88.0 Å². The first-order chi connectivity index (χ1) is 15.5. The van der Waals surface area contributed by atoms with Crippen molar-refractivity contribution in [3.8, 4) is 0 Å². The minimum absolute atomic E-state index is 0.00852. The molecule has 12 radical (unpaired) electrons. The van der Waals surface area contributed by atoms with Crippen LogP contribution in [0.5, 0.6) is 0 Å². The number of carbonyl (C=O) groups excluding carboxylic acids is 1. The lowest BCUT2D eigenvalue weighted by Crippen LogP contribution is -2.58. The van der Waals surface area contributed by atoms with Crippen LogP contribution in [-0.2, 0) is 16.5 Å². The summed E-state index contributed by atoms with van der Waals surface area (Å²) in [5.41, 5.74) is -2.24. The van der Waals surface area contributed by atoms with E-state index in [1.54, 1.807) is 13.8 Å². The number of aryl methyl sites for hydroxylation is 1. The van der Waals surface area contributed by atoms with Gasteiger partial charge in [0, 0.05) is 25.5 Å². The fourth-order valence-electron chi connectivity index (χ4n) is 3.74. The number of nitrogens with one attached hydrogen (secondary N) is 2. The maximum atomic E-state index is 13.3. The van der Waals surface area contributed by atoms with E-state index < -0.39 is 39.4 Å². The average molecular weight is 456 g/mol. The Hall–Kier alpha value is -2.46. The van der Waals surface area contributed by atoms with Crippen LogP contribution < -0.4 is 10.6 Å². The summed E-state index contributed by atoms with van der Waals surface area (Å²) in [5.74, 6) is -1.29. The van der Waals surface area contributed by atoms with Crippen LogP contribution in [0, 0.1) is 6.92 Å². The van der Waals surface area contributed by atoms with Crippen LogP contribution in [0.2, 0.25) is 5.11 Å². The Balaban J connectivity index is 2.01. The predicted octanol–water partition coefficient (Wildman–Crippen LogP) is -0.201. The van der Waals surface area contributed by atoms with E-state index in [0.29, 0.717) is 11.9 Å². The molecular weight excluding hydrogens is 440 g/mol. The monoisotopic (exact) mass is 457 g/mol. The number of likely N-dealkylation sites (tertiary alicyclic amines) is 1. The Morgan fingerprint density at radius 1 is 1.18 bits per heavy atom. The first-order valence-electron chi connectivity index (χ1n) is 10.1. The largest absolute Gasteiger partial charge is 0.421 e. The summed E-state index contributed by atoms with van der Waals surface area (Å²) in [6, 6.07) is 0. The normalized spacial score (nSPS) is 19.4. The van der Waals surface area contributed by atoms with Gasteiger partial charge in [0.25, 0.3) is 0 Å². The van der Waals surface area contributed by atoms with Gasteiger partial charge in [-0.25, -0.2) is 4.98 Å². The van der Waals surface area contributed by atoms with Gasteiger partial charge in [0.05, 0.1) is 58.5 Å². The van der Waals surface area contributed by atoms with Gasteiger partial charge in [0.1, 0.15) is 16.9 Å². The SMILES string of the molecule is [B]C([B])([B])N1CC[C@@](n2cc(Nc3ncc(C(F)(F)F)c(NCC)n3)c(C)n2)(C([B])([B])[B])C1=O. The van der Waals surface area contributed by atoms with Gasteiger partial charge in [-0.3, -0.25) is 9.48 Å². The van der Waals surface area contributed by atoms with Gasteiger partial charge in [-0.05, 0) is 20.3 Å². The van der Waals surface area contributed by atoms with Gasteiger partial charge < -0.3 is 15.5 Å². The zero-order chi connectivity index (χ0) is 25.7. The molecule has 1 amide bonds. The van der Waals surface area contributed by atoms with Crippen LogP contribution in [0.25, 0.3) is 0 Å². The zero-order valence-corrected chi connectivity index (χ0v) is 18.5. The summed E-state index contributed by atoms with van der Waals surface area (Å²) < 4.78 is 40.8. The number of halogens is 3. The molecule has 3 heterocycles. The minimum atomic E-state index is -4.64. The molecule has 1 aliphatic rings. The van der Waals surface area contributed by atoms with Gasteiger partial charge >= 0.3 is 6.18 Å². The highest BCUT2D eigenvalue weighted by molar-refractivity contribution is 6.62. The highest BCUT2D eigenvalue weighted by Gasteiger charge is 2.56. The second-order valence-electron chi connectivity index (χ2n) is 8.07. The molecule has 2 aromatic rings. The number of hydrogen-bond donors (Lipinski definition) is 2. The van der Waals surface area contributed by atoms with E-state index in [0.717, 1.165) is 9.58 Å². The molecule has 2 aromatic heterocycles. The van der Waals surface area contributed by atoms with Crippen molar-refractivity contribution < 1.29 is 18.0 Å². The van der Waals surface area contributed by atoms with Gasteiger partial charge in [0.2, 0.25) is 11.9 Å². The molecule has 0 aliphatic carbocycles. The van der Waals surface area contributed by atoms with Crippen LogP contribution >= 0.6 is 0 Å². The molecule has 0 spiro atoms. The molecule has 3 rings (SSSR count). The van der Waals surface area contributed by atoms with Crippen LogP contribution in [0.1, 0.15) is 24.6 Å². The predicted molar refractivity (Wildman–Crippen MR) is 126 cm³/mol. The summed E-state index contributed by atoms with van der Waals surface area (Å²) in [5, 5.41) is 5.54. The van der Waals surface area contributed by atoms with Crippen LogP contribution in [0.3, 0.4) is 0 Å². The van der Waals surface area contributed by atoms with E-state index in [4.69, 9.17) is 47.1 Å². The molecule has 17 heteroatoms. The number of amides is 1. The van der Waals surface area contributed by atoms with Crippen LogP contribution in [0.4, 0.5) is 30.6 Å². The second-order valence-corrected chi connectivity index (χ2v) is 8.07. The molecule has 0 bridgehead atoms. The maximum Gasteiger partial charge on any atom is 0.421 e. The van der Waals surface area contributed by atoms with E-state index in [9.17, 15) is 18.0 Å². The van der Waals surface area contributed by atoms with Gasteiger partial charge in [-0.2, -0.15) is 23.3 Å². The van der Waals surface area contributed by atoms with Crippen molar-refractivity contribution >= 4 is 70.4 Å². The highest BCUT2D eigenvalue weighted by atomic mass is 19.4. The third kappa shape index (κ3) is 4.57. The molecule has 34 heavy (non-hydrogen) atoms. The highest BCUT2D eigenvalue weighted by Crippen LogP contribution is 2.46. The third-order valence-corrected chi connectivity index (χ3v) is 5.45. The smallest absolute Gasteiger partial charge is 0.370 e. The van der Waals surface area contributed by atoms with Crippen molar-refractivity contribution in [2.24, 2.45) is 0 Å². The number of aromatic nitrogens is 4. The Kier molecular flexibility index (Phi) is 6.64. The minimum Gasteiger partial charge on any atom is -0.370 e. The summed E-state index contributed by atoms with van der Waals surface area (Å²) in [6.07, 6.45) is -2.66. The number of carbonyl (C=O) groups is 1. The van der Waals surface area contributed by atoms with Crippen molar-refractivity contribution in [2.75, 3.05) is 23.7 Å². The first-order valence-corrected chi connectivity index (χ1v) is 10.1. The van der Waals surface area contributed by atoms with Crippen molar-refractivity contribution in [1.82, 2.24) is 24.6 Å². The fourth-order valence-corrected chi connectivity index (χ4v) is 3.74. The Morgan fingerprint density at radius 2 is 1.82 bits per heavy atom. The Morgan fingerprint density at radius 3 is 2.32 bits per heavy atom. The lowest BCUT2D eigenvalue weighted by molar-refractivity contribution is -0.137. The maximum absolute atomic E-state index is 13.3. The standard InChI is InChI=1S/C17H16B6F3N7O/c1-3-27-11-9(15(24,25)26)6-28-13(30-11)29-10-7-33(31-8(10)2)14(16(18,19)20)4-5-32(12(14)34)17(21,22)23/h6-7H,3-5H2,1-2H3,(H2,27,28,29,30)/t14-/m0/s1. The number of rotatable bonds is 7. The first kappa shape index (κ1) is 26.1. The van der Waals surface area contributed by atoms with Gasteiger partial charge in [-0.15, -0.1) is 0 Å². The summed E-state index contributed by atoms with van der Waals surface area (Å²) >= 11 is 0. The summed E-state index contributed by atoms with van der Waals surface area (Å²) in [7, 11) is 35.0. The Bertz CT molecular complexity index is 1090. The molecule has 0 unspecified atom stereocenters. The van der Waals surface area contributed by atoms with E-state index in [1.165, 1.54) is 6.20 Å². The van der Waals surface area contributed by atoms with Crippen molar-refractivity contribution in [3.63, 3.8) is 0 Å². The quantitative estimate of drug-likeness (QED) is 0.562. The number of anilines is 3. The molecule has 0 aromatic carbocycles.